The Morgan fingerprint density at radius 1 is 1.14 bits per heavy atom. The van der Waals surface area contributed by atoms with Crippen LogP contribution in [0.5, 0.6) is 0 Å². The fraction of sp³-hybridized carbons (Fsp3) is 0.700. The Bertz CT molecular complexity index is 273. The molecule has 1 unspecified atom stereocenters. The molecule has 1 heterocycles. The molecule has 14 heavy (non-hydrogen) atoms. The molecule has 0 aliphatic carbocycles. The van der Waals surface area contributed by atoms with Gasteiger partial charge in [0.1, 0.15) is 0 Å². The quantitative estimate of drug-likeness (QED) is 0.607. The Balaban J connectivity index is 2.77. The van der Waals surface area contributed by atoms with Gasteiger partial charge in [-0.1, -0.05) is 0 Å². The molecule has 4 heteroatoms. The van der Waals surface area contributed by atoms with Gasteiger partial charge >= 0.3 is 0 Å². The molecule has 78 valence electrons. The molecule has 0 aromatic rings. The monoisotopic (exact) mass is 197 g/mol. The largest absolute Gasteiger partial charge is 0.326 e. The van der Waals surface area contributed by atoms with Crippen molar-refractivity contribution in [1.82, 2.24) is 4.90 Å². The van der Waals surface area contributed by atoms with Crippen molar-refractivity contribution < 1.29 is 14.4 Å². The maximum absolute atomic E-state index is 11.4. The highest BCUT2D eigenvalue weighted by Gasteiger charge is 2.31. The van der Waals surface area contributed by atoms with Gasteiger partial charge in [0.2, 0.25) is 5.78 Å². The third-order valence-electron chi connectivity index (χ3n) is 2.53. The summed E-state index contributed by atoms with van der Waals surface area (Å²) >= 11 is 0. The Morgan fingerprint density at radius 2 is 1.79 bits per heavy atom. The van der Waals surface area contributed by atoms with Gasteiger partial charge in [0.05, 0.1) is 6.04 Å². The summed E-state index contributed by atoms with van der Waals surface area (Å²) in [5.74, 6) is -1.04. The lowest BCUT2D eigenvalue weighted by Crippen LogP contribution is -2.49. The topological polar surface area (TPSA) is 54.5 Å². The van der Waals surface area contributed by atoms with Crippen LogP contribution in [-0.2, 0) is 14.4 Å². The Hall–Kier alpha value is -1.19. The number of Topliss-reactive ketones (excluding diaryl/α,β-unsaturated/α-hetero) is 2. The molecule has 0 bridgehead atoms. The molecule has 0 aromatic carbocycles. The van der Waals surface area contributed by atoms with E-state index in [1.165, 1.54) is 18.7 Å². The molecule has 1 aliphatic heterocycles. The van der Waals surface area contributed by atoms with E-state index in [1.54, 1.807) is 0 Å². The highest BCUT2D eigenvalue weighted by molar-refractivity contribution is 6.35. The van der Waals surface area contributed by atoms with Gasteiger partial charge < -0.3 is 4.90 Å². The lowest BCUT2D eigenvalue weighted by atomic mass is 9.99. The summed E-state index contributed by atoms with van der Waals surface area (Å²) in [6.45, 7) is 3.24. The Morgan fingerprint density at radius 3 is 2.29 bits per heavy atom. The van der Waals surface area contributed by atoms with Gasteiger partial charge in [0.25, 0.3) is 5.91 Å². The highest BCUT2D eigenvalue weighted by atomic mass is 16.2. The fourth-order valence-corrected chi connectivity index (χ4v) is 1.80. The zero-order valence-corrected chi connectivity index (χ0v) is 8.58. The van der Waals surface area contributed by atoms with Gasteiger partial charge in [0.15, 0.2) is 5.78 Å². The number of amides is 1. The Kier molecular flexibility index (Phi) is 3.38. The Labute approximate surface area is 83.3 Å². The van der Waals surface area contributed by atoms with Crippen molar-refractivity contribution in [2.75, 3.05) is 6.54 Å². The van der Waals surface area contributed by atoms with Gasteiger partial charge in [-0.25, -0.2) is 0 Å². The number of rotatable bonds is 2. The number of nitrogens with zero attached hydrogens (tertiary/aromatic N) is 1. The number of carbonyl (C=O) groups excluding carboxylic acids is 3. The maximum Gasteiger partial charge on any atom is 0.290 e. The van der Waals surface area contributed by atoms with Crippen molar-refractivity contribution in [2.45, 2.75) is 39.2 Å². The average molecular weight is 197 g/mol. The molecule has 1 amide bonds. The van der Waals surface area contributed by atoms with Gasteiger partial charge in [-0.15, -0.1) is 0 Å². The molecule has 0 spiro atoms. The van der Waals surface area contributed by atoms with E-state index < -0.39 is 11.7 Å². The lowest BCUT2D eigenvalue weighted by molar-refractivity contribution is -0.148. The number of hydrogen-bond donors (Lipinski definition) is 0. The molecule has 1 saturated heterocycles. The van der Waals surface area contributed by atoms with E-state index in [9.17, 15) is 14.4 Å². The normalized spacial score (nSPS) is 21.9. The van der Waals surface area contributed by atoms with Crippen LogP contribution in [-0.4, -0.2) is 35.0 Å². The minimum Gasteiger partial charge on any atom is -0.326 e. The molecule has 1 aliphatic rings. The summed E-state index contributed by atoms with van der Waals surface area (Å²) in [4.78, 5) is 35.0. The second-order valence-electron chi connectivity index (χ2n) is 3.68. The molecule has 1 rings (SSSR count). The van der Waals surface area contributed by atoms with E-state index in [1.807, 2.05) is 0 Å². The number of piperidine rings is 1. The predicted molar refractivity (Wildman–Crippen MR) is 50.7 cm³/mol. The molecule has 1 atom stereocenters. The summed E-state index contributed by atoms with van der Waals surface area (Å²) < 4.78 is 0. The van der Waals surface area contributed by atoms with Crippen molar-refractivity contribution in [3.63, 3.8) is 0 Å². The van der Waals surface area contributed by atoms with Crippen LogP contribution in [0.2, 0.25) is 0 Å². The van der Waals surface area contributed by atoms with E-state index in [0.717, 1.165) is 12.8 Å². The fourth-order valence-electron chi connectivity index (χ4n) is 1.80. The van der Waals surface area contributed by atoms with Crippen LogP contribution in [0.3, 0.4) is 0 Å². The highest BCUT2D eigenvalue weighted by Crippen LogP contribution is 2.17. The summed E-state index contributed by atoms with van der Waals surface area (Å²) in [5.41, 5.74) is 0. The van der Waals surface area contributed by atoms with E-state index in [4.69, 9.17) is 0 Å². The van der Waals surface area contributed by atoms with E-state index in [2.05, 4.69) is 0 Å². The number of ketones is 2. The second kappa shape index (κ2) is 4.35. The summed E-state index contributed by atoms with van der Waals surface area (Å²) in [5, 5.41) is 0. The SMILES string of the molecule is CC(=O)C(=O)N1CCCCC1C(C)=O. The molecule has 4 nitrogen and oxygen atoms in total. The van der Waals surface area contributed by atoms with Crippen molar-refractivity contribution in [2.24, 2.45) is 0 Å². The number of hydrogen-bond acceptors (Lipinski definition) is 3. The minimum absolute atomic E-state index is 0.0284. The van der Waals surface area contributed by atoms with Crippen molar-refractivity contribution in [1.29, 1.82) is 0 Å². The first kappa shape index (κ1) is 10.9. The molecular formula is C10H15NO3. The lowest BCUT2D eigenvalue weighted by Gasteiger charge is -2.33. The van der Waals surface area contributed by atoms with Crippen LogP contribution in [0.25, 0.3) is 0 Å². The van der Waals surface area contributed by atoms with Gasteiger partial charge in [0, 0.05) is 13.5 Å². The standard InChI is InChI=1S/C10H15NO3/c1-7(12)9-5-3-4-6-11(9)10(14)8(2)13/h9H,3-6H2,1-2H3. The first-order valence-corrected chi connectivity index (χ1v) is 4.86. The molecule has 0 N–H and O–H groups in total. The predicted octanol–water partition coefficient (Wildman–Crippen LogP) is 0.545. The molecular weight excluding hydrogens is 182 g/mol. The summed E-state index contributed by atoms with van der Waals surface area (Å²) in [7, 11) is 0. The van der Waals surface area contributed by atoms with Crippen molar-refractivity contribution in [3.05, 3.63) is 0 Å². The molecule has 0 saturated carbocycles. The molecule has 0 aromatic heterocycles. The van der Waals surface area contributed by atoms with Crippen molar-refractivity contribution in [3.8, 4) is 0 Å². The van der Waals surface area contributed by atoms with E-state index in [0.29, 0.717) is 13.0 Å². The zero-order chi connectivity index (χ0) is 10.7. The van der Waals surface area contributed by atoms with Crippen LogP contribution in [0, 0.1) is 0 Å². The summed E-state index contributed by atoms with van der Waals surface area (Å²) in [6, 6.07) is -0.375. The van der Waals surface area contributed by atoms with Crippen LogP contribution >= 0.6 is 0 Å². The van der Waals surface area contributed by atoms with Gasteiger partial charge in [-0.2, -0.15) is 0 Å². The van der Waals surface area contributed by atoms with Crippen LogP contribution in [0.4, 0.5) is 0 Å². The molecule has 1 fully saturated rings. The van der Waals surface area contributed by atoms with Gasteiger partial charge in [-0.05, 0) is 26.2 Å². The minimum atomic E-state index is -0.523. The van der Waals surface area contributed by atoms with Gasteiger partial charge in [-0.3, -0.25) is 14.4 Å². The smallest absolute Gasteiger partial charge is 0.290 e. The van der Waals surface area contributed by atoms with Crippen LogP contribution < -0.4 is 0 Å². The first-order chi connectivity index (χ1) is 6.54. The number of likely N-dealkylation sites (tertiary alicyclic amines) is 1. The van der Waals surface area contributed by atoms with E-state index in [-0.39, 0.29) is 11.8 Å². The number of carbonyl (C=O) groups is 3. The second-order valence-corrected chi connectivity index (χ2v) is 3.68. The summed E-state index contributed by atoms with van der Waals surface area (Å²) in [6.07, 6.45) is 2.52. The van der Waals surface area contributed by atoms with Crippen molar-refractivity contribution >= 4 is 17.5 Å². The van der Waals surface area contributed by atoms with Crippen LogP contribution in [0.1, 0.15) is 33.1 Å². The third kappa shape index (κ3) is 2.19. The zero-order valence-electron chi connectivity index (χ0n) is 8.58. The third-order valence-corrected chi connectivity index (χ3v) is 2.53. The molecule has 0 radical (unpaired) electrons. The average Bonchev–Trinajstić information content (AvgIpc) is 2.16. The maximum atomic E-state index is 11.4. The first-order valence-electron chi connectivity index (χ1n) is 4.86. The van der Waals surface area contributed by atoms with Crippen LogP contribution in [0.15, 0.2) is 0 Å². The van der Waals surface area contributed by atoms with E-state index >= 15 is 0 Å².